The van der Waals surface area contributed by atoms with Crippen LogP contribution in [-0.2, 0) is 4.79 Å². The van der Waals surface area contributed by atoms with E-state index < -0.39 is 0 Å². The highest BCUT2D eigenvalue weighted by Gasteiger charge is 2.18. The molecule has 0 bridgehead atoms. The minimum absolute atomic E-state index is 0.0413. The molecule has 8 heteroatoms. The van der Waals surface area contributed by atoms with Crippen LogP contribution in [0.3, 0.4) is 0 Å². The Morgan fingerprint density at radius 1 is 1.28 bits per heavy atom. The molecule has 0 aliphatic rings. The van der Waals surface area contributed by atoms with Crippen molar-refractivity contribution in [1.82, 2.24) is 15.2 Å². The first-order chi connectivity index (χ1) is 12.0. The van der Waals surface area contributed by atoms with Gasteiger partial charge in [0.1, 0.15) is 0 Å². The van der Waals surface area contributed by atoms with Gasteiger partial charge >= 0.3 is 0 Å². The number of nitrogens with one attached hydrogen (secondary N) is 2. The number of ketones is 1. The Bertz CT molecular complexity index is 890. The minimum Gasteiger partial charge on any atom is -0.325 e. The molecule has 0 aliphatic heterocycles. The predicted molar refractivity (Wildman–Crippen MR) is 100 cm³/mol. The molecule has 128 valence electrons. The normalized spacial score (nSPS) is 11.9. The zero-order valence-corrected chi connectivity index (χ0v) is 15.3. The highest BCUT2D eigenvalue weighted by Crippen LogP contribution is 2.25. The van der Waals surface area contributed by atoms with Gasteiger partial charge in [-0.2, -0.15) is 0 Å². The van der Waals surface area contributed by atoms with Crippen molar-refractivity contribution < 1.29 is 9.59 Å². The molecule has 1 aromatic carbocycles. The quantitative estimate of drug-likeness (QED) is 0.507. The van der Waals surface area contributed by atoms with Gasteiger partial charge in [0.2, 0.25) is 11.1 Å². The molecule has 0 spiro atoms. The molecule has 3 rings (SSSR count). The summed E-state index contributed by atoms with van der Waals surface area (Å²) in [6, 6.07) is 10.8. The first kappa shape index (κ1) is 17.4. The summed E-state index contributed by atoms with van der Waals surface area (Å²) in [7, 11) is 0. The fourth-order valence-corrected chi connectivity index (χ4v) is 3.48. The summed E-state index contributed by atoms with van der Waals surface area (Å²) in [4.78, 5) is 29.2. The van der Waals surface area contributed by atoms with Crippen molar-refractivity contribution in [2.75, 3.05) is 5.32 Å². The smallest absolute Gasteiger partial charge is 0.237 e. The molecule has 1 atom stereocenters. The maximum absolute atomic E-state index is 12.4. The lowest BCUT2D eigenvalue weighted by atomic mass is 10.1. The predicted octanol–water partition coefficient (Wildman–Crippen LogP) is 3.86. The summed E-state index contributed by atoms with van der Waals surface area (Å²) in [5.41, 5.74) is 1.16. The van der Waals surface area contributed by atoms with E-state index in [1.165, 1.54) is 18.7 Å². The van der Waals surface area contributed by atoms with Gasteiger partial charge in [-0.3, -0.25) is 14.7 Å². The van der Waals surface area contributed by atoms with Crippen LogP contribution in [0.4, 0.5) is 5.69 Å². The third-order valence-electron chi connectivity index (χ3n) is 3.41. The van der Waals surface area contributed by atoms with Crippen LogP contribution in [0.5, 0.6) is 0 Å². The number of aromatic amines is 1. The molecule has 2 N–H and O–H groups in total. The van der Waals surface area contributed by atoms with Gasteiger partial charge in [0.15, 0.2) is 11.6 Å². The lowest BCUT2D eigenvalue weighted by Gasteiger charge is -2.10. The number of hydrogen-bond donors (Lipinski definition) is 2. The molecule has 25 heavy (non-hydrogen) atoms. The summed E-state index contributed by atoms with van der Waals surface area (Å²) >= 11 is 2.84. The number of thioether (sulfide) groups is 1. The SMILES string of the molecule is CC(=O)c1cccc(NC(=O)[C@@H](C)Sc2n[nH]c(-c3cccs3)n2)c1. The van der Waals surface area contributed by atoms with Crippen LogP contribution in [0.15, 0.2) is 46.9 Å². The van der Waals surface area contributed by atoms with Crippen molar-refractivity contribution in [1.29, 1.82) is 0 Å². The summed E-state index contributed by atoms with van der Waals surface area (Å²) in [6.45, 7) is 3.28. The van der Waals surface area contributed by atoms with Crippen molar-refractivity contribution >= 4 is 40.5 Å². The van der Waals surface area contributed by atoms with E-state index in [1.54, 1.807) is 42.5 Å². The Morgan fingerprint density at radius 3 is 2.84 bits per heavy atom. The number of thiophene rings is 1. The molecule has 3 aromatic rings. The van der Waals surface area contributed by atoms with Crippen molar-refractivity contribution in [3.8, 4) is 10.7 Å². The number of carbonyl (C=O) groups excluding carboxylic acids is 2. The fraction of sp³-hybridized carbons (Fsp3) is 0.176. The molecular formula is C17H16N4O2S2. The summed E-state index contributed by atoms with van der Waals surface area (Å²) in [5, 5.41) is 11.9. The number of amides is 1. The number of nitrogens with zero attached hydrogens (tertiary/aromatic N) is 2. The Labute approximate surface area is 153 Å². The van der Waals surface area contributed by atoms with E-state index >= 15 is 0 Å². The maximum atomic E-state index is 12.4. The molecule has 6 nitrogen and oxygen atoms in total. The van der Waals surface area contributed by atoms with Gasteiger partial charge in [-0.05, 0) is 37.4 Å². The Balaban J connectivity index is 1.63. The van der Waals surface area contributed by atoms with Crippen LogP contribution >= 0.6 is 23.1 Å². The number of anilines is 1. The van der Waals surface area contributed by atoms with Crippen LogP contribution in [0, 0.1) is 0 Å². The van der Waals surface area contributed by atoms with Gasteiger partial charge in [-0.25, -0.2) is 4.98 Å². The van der Waals surface area contributed by atoms with E-state index in [-0.39, 0.29) is 16.9 Å². The molecule has 0 unspecified atom stereocenters. The molecule has 2 aromatic heterocycles. The largest absolute Gasteiger partial charge is 0.325 e. The third kappa shape index (κ3) is 4.34. The third-order valence-corrected chi connectivity index (χ3v) is 5.25. The lowest BCUT2D eigenvalue weighted by molar-refractivity contribution is -0.115. The number of H-pyrrole nitrogens is 1. The van der Waals surface area contributed by atoms with Crippen molar-refractivity contribution in [2.45, 2.75) is 24.3 Å². The number of carbonyl (C=O) groups is 2. The van der Waals surface area contributed by atoms with Gasteiger partial charge in [0.25, 0.3) is 0 Å². The summed E-state index contributed by atoms with van der Waals surface area (Å²) in [5.74, 6) is 0.479. The van der Waals surface area contributed by atoms with Crippen LogP contribution in [-0.4, -0.2) is 32.1 Å². The van der Waals surface area contributed by atoms with Crippen LogP contribution in [0.2, 0.25) is 0 Å². The van der Waals surface area contributed by atoms with Crippen LogP contribution < -0.4 is 5.32 Å². The molecular weight excluding hydrogens is 356 g/mol. The first-order valence-corrected chi connectivity index (χ1v) is 9.33. The van der Waals surface area contributed by atoms with Gasteiger partial charge in [-0.15, -0.1) is 16.4 Å². The number of aromatic nitrogens is 3. The lowest BCUT2D eigenvalue weighted by Crippen LogP contribution is -2.22. The maximum Gasteiger partial charge on any atom is 0.237 e. The van der Waals surface area contributed by atoms with Gasteiger partial charge < -0.3 is 5.32 Å². The Morgan fingerprint density at radius 2 is 2.12 bits per heavy atom. The standard InChI is InChI=1S/C17H16N4O2S2/c1-10(22)12-5-3-6-13(9-12)18-16(23)11(2)25-17-19-15(20-21-17)14-7-4-8-24-14/h3-9,11H,1-2H3,(H,18,23)(H,19,20,21)/t11-/m1/s1. The number of benzene rings is 1. The van der Waals surface area contributed by atoms with E-state index in [2.05, 4.69) is 20.5 Å². The second-order valence-electron chi connectivity index (χ2n) is 5.33. The van der Waals surface area contributed by atoms with E-state index in [0.717, 1.165) is 4.88 Å². The fourth-order valence-electron chi connectivity index (χ4n) is 2.09. The van der Waals surface area contributed by atoms with Crippen molar-refractivity contribution in [3.63, 3.8) is 0 Å². The van der Waals surface area contributed by atoms with Gasteiger partial charge in [0, 0.05) is 11.3 Å². The van der Waals surface area contributed by atoms with Crippen molar-refractivity contribution in [2.24, 2.45) is 0 Å². The molecule has 0 saturated carbocycles. The highest BCUT2D eigenvalue weighted by atomic mass is 32.2. The van der Waals surface area contributed by atoms with E-state index in [4.69, 9.17) is 0 Å². The zero-order valence-electron chi connectivity index (χ0n) is 13.6. The minimum atomic E-state index is -0.382. The van der Waals surface area contributed by atoms with Gasteiger partial charge in [-0.1, -0.05) is 30.0 Å². The number of rotatable bonds is 6. The van der Waals surface area contributed by atoms with E-state index in [1.807, 2.05) is 17.5 Å². The number of Topliss-reactive ketones (excluding diaryl/α,β-unsaturated/α-hetero) is 1. The Kier molecular flexibility index (Phi) is 5.30. The highest BCUT2D eigenvalue weighted by molar-refractivity contribution is 8.00. The number of hydrogen-bond acceptors (Lipinski definition) is 6. The second kappa shape index (κ2) is 7.62. The van der Waals surface area contributed by atoms with Crippen LogP contribution in [0.25, 0.3) is 10.7 Å². The average molecular weight is 372 g/mol. The van der Waals surface area contributed by atoms with E-state index in [0.29, 0.717) is 22.2 Å². The topological polar surface area (TPSA) is 87.7 Å². The van der Waals surface area contributed by atoms with Crippen LogP contribution in [0.1, 0.15) is 24.2 Å². The van der Waals surface area contributed by atoms with E-state index in [9.17, 15) is 9.59 Å². The molecule has 2 heterocycles. The zero-order chi connectivity index (χ0) is 17.8. The molecule has 0 radical (unpaired) electrons. The summed E-state index contributed by atoms with van der Waals surface area (Å²) < 4.78 is 0. The second-order valence-corrected chi connectivity index (χ2v) is 7.59. The molecule has 1 amide bonds. The molecule has 0 aliphatic carbocycles. The molecule has 0 saturated heterocycles. The van der Waals surface area contributed by atoms with Crippen molar-refractivity contribution in [3.05, 3.63) is 47.3 Å². The van der Waals surface area contributed by atoms with Gasteiger partial charge in [0.05, 0.1) is 10.1 Å². The Hall–Kier alpha value is -2.45. The summed E-state index contributed by atoms with van der Waals surface area (Å²) in [6.07, 6.45) is 0. The molecule has 0 fully saturated rings. The monoisotopic (exact) mass is 372 g/mol. The first-order valence-electron chi connectivity index (χ1n) is 7.58. The average Bonchev–Trinajstić information content (AvgIpc) is 3.26.